The first-order chi connectivity index (χ1) is 17.8. The molecule has 0 N–H and O–H groups in total. The van der Waals surface area contributed by atoms with Crippen molar-refractivity contribution in [1.29, 1.82) is 0 Å². The summed E-state index contributed by atoms with van der Waals surface area (Å²) >= 11 is 6.07. The van der Waals surface area contributed by atoms with Gasteiger partial charge in [-0.1, -0.05) is 30.3 Å². The predicted octanol–water partition coefficient (Wildman–Crippen LogP) is 6.17. The Morgan fingerprint density at radius 3 is 2.57 bits per heavy atom. The highest BCUT2D eigenvalue weighted by Crippen LogP contribution is 2.43. The second-order valence-corrected chi connectivity index (χ2v) is 9.19. The highest BCUT2D eigenvalue weighted by atomic mass is 35.5. The number of hydrogen-bond donors (Lipinski definition) is 0. The van der Waals surface area contributed by atoms with Gasteiger partial charge in [-0.25, -0.2) is 4.98 Å². The minimum absolute atomic E-state index is 0.00699. The van der Waals surface area contributed by atoms with E-state index in [-0.39, 0.29) is 16.8 Å². The summed E-state index contributed by atoms with van der Waals surface area (Å²) in [6.45, 7) is 10.1. The molecule has 4 aromatic rings. The summed E-state index contributed by atoms with van der Waals surface area (Å²) in [6.07, 6.45) is 3.10. The Kier molecular flexibility index (Phi) is 6.48. The predicted molar refractivity (Wildman–Crippen MR) is 143 cm³/mol. The third-order valence-corrected chi connectivity index (χ3v) is 6.61. The maximum absolute atomic E-state index is 13.9. The molecule has 0 spiro atoms. The molecule has 188 valence electrons. The number of anilines is 1. The first kappa shape index (κ1) is 24.6. The second kappa shape index (κ2) is 9.75. The third kappa shape index (κ3) is 4.25. The topological polar surface area (TPSA) is 81.9 Å². The quantitative estimate of drug-likeness (QED) is 0.273. The molecule has 37 heavy (non-hydrogen) atoms. The highest BCUT2D eigenvalue weighted by Gasteiger charge is 2.44. The van der Waals surface area contributed by atoms with E-state index in [9.17, 15) is 9.59 Å². The van der Waals surface area contributed by atoms with E-state index >= 15 is 0 Å². The lowest BCUT2D eigenvalue weighted by atomic mass is 9.97. The van der Waals surface area contributed by atoms with Crippen LogP contribution in [0, 0.1) is 13.8 Å². The van der Waals surface area contributed by atoms with Gasteiger partial charge in [-0.3, -0.25) is 14.5 Å². The molecule has 1 unspecified atom stereocenters. The van der Waals surface area contributed by atoms with Crippen LogP contribution >= 0.6 is 11.6 Å². The Morgan fingerprint density at radius 2 is 1.86 bits per heavy atom. The monoisotopic (exact) mass is 516 g/mol. The summed E-state index contributed by atoms with van der Waals surface area (Å²) in [5.41, 5.74) is 2.92. The van der Waals surface area contributed by atoms with E-state index in [2.05, 4.69) is 11.6 Å². The van der Waals surface area contributed by atoms with Crippen LogP contribution in [0.2, 0.25) is 5.02 Å². The first-order valence-electron chi connectivity index (χ1n) is 11.9. The van der Waals surface area contributed by atoms with Gasteiger partial charge in [0.05, 0.1) is 28.6 Å². The Labute approximate surface area is 218 Å². The van der Waals surface area contributed by atoms with Gasteiger partial charge in [0.15, 0.2) is 16.9 Å². The van der Waals surface area contributed by atoms with E-state index in [1.165, 1.54) is 11.1 Å². The normalized spacial score (nSPS) is 14.6. The number of aryl methyl sites for hydroxylation is 2. The molecule has 1 aliphatic rings. The van der Waals surface area contributed by atoms with Crippen molar-refractivity contribution in [2.24, 2.45) is 0 Å². The molecule has 3 heterocycles. The smallest absolute Gasteiger partial charge is 0.296 e. The fourth-order valence-electron chi connectivity index (χ4n) is 4.52. The maximum atomic E-state index is 13.9. The van der Waals surface area contributed by atoms with Crippen LogP contribution in [0.1, 0.15) is 45.8 Å². The van der Waals surface area contributed by atoms with Crippen LogP contribution in [0.15, 0.2) is 70.5 Å². The largest absolute Gasteiger partial charge is 0.490 e. The molecule has 0 bridgehead atoms. The molecule has 0 fully saturated rings. The van der Waals surface area contributed by atoms with E-state index < -0.39 is 11.9 Å². The Balaban J connectivity index is 1.77. The Bertz CT molecular complexity index is 1590. The number of benzene rings is 2. The van der Waals surface area contributed by atoms with Gasteiger partial charge < -0.3 is 13.9 Å². The van der Waals surface area contributed by atoms with Crippen molar-refractivity contribution < 1.29 is 18.7 Å². The molecule has 2 aromatic heterocycles. The number of rotatable bonds is 7. The van der Waals surface area contributed by atoms with Crippen LogP contribution in [0.25, 0.3) is 11.0 Å². The molecule has 0 saturated heterocycles. The summed E-state index contributed by atoms with van der Waals surface area (Å²) in [5.74, 6) is 0.891. The van der Waals surface area contributed by atoms with Gasteiger partial charge in [0.25, 0.3) is 5.91 Å². The average molecular weight is 517 g/mol. The van der Waals surface area contributed by atoms with Crippen LogP contribution in [0.5, 0.6) is 11.5 Å². The third-order valence-electron chi connectivity index (χ3n) is 6.39. The Hall–Kier alpha value is -4.10. The molecule has 5 rings (SSSR count). The maximum Gasteiger partial charge on any atom is 0.296 e. The van der Waals surface area contributed by atoms with Gasteiger partial charge in [0.1, 0.15) is 18.0 Å². The van der Waals surface area contributed by atoms with Gasteiger partial charge in [0, 0.05) is 6.20 Å². The molecule has 2 aromatic carbocycles. The van der Waals surface area contributed by atoms with Gasteiger partial charge in [-0.15, -0.1) is 0 Å². The van der Waals surface area contributed by atoms with E-state index in [0.717, 1.165) is 11.1 Å². The zero-order valence-corrected chi connectivity index (χ0v) is 21.5. The molecule has 7 nitrogen and oxygen atoms in total. The van der Waals surface area contributed by atoms with Crippen LogP contribution in [-0.4, -0.2) is 24.1 Å². The van der Waals surface area contributed by atoms with Crippen molar-refractivity contribution in [3.8, 4) is 11.5 Å². The lowest BCUT2D eigenvalue weighted by Crippen LogP contribution is -2.30. The number of carbonyl (C=O) groups is 1. The summed E-state index contributed by atoms with van der Waals surface area (Å²) < 4.78 is 17.7. The first-order valence-corrected chi connectivity index (χ1v) is 12.2. The summed E-state index contributed by atoms with van der Waals surface area (Å²) in [5, 5.41) is 0.847. The second-order valence-electron chi connectivity index (χ2n) is 8.76. The van der Waals surface area contributed by atoms with Gasteiger partial charge >= 0.3 is 0 Å². The summed E-state index contributed by atoms with van der Waals surface area (Å²) in [7, 11) is 0. The van der Waals surface area contributed by atoms with Gasteiger partial charge in [-0.2, -0.15) is 0 Å². The van der Waals surface area contributed by atoms with Crippen LogP contribution in [-0.2, 0) is 0 Å². The Morgan fingerprint density at radius 1 is 1.08 bits per heavy atom. The number of aromatic nitrogens is 1. The molecular weight excluding hydrogens is 492 g/mol. The van der Waals surface area contributed by atoms with Crippen molar-refractivity contribution >= 4 is 34.3 Å². The van der Waals surface area contributed by atoms with Crippen LogP contribution in [0.3, 0.4) is 0 Å². The number of hydrogen-bond acceptors (Lipinski definition) is 6. The molecule has 1 atom stereocenters. The standard InChI is InChI=1S/C29H25ClN2O5/c1-5-11-36-21-9-7-18(14-23(21)35-6-2)26-25-27(33)20-12-16(3)17(4)13-22(20)37-28(25)29(34)32(26)24-10-8-19(30)15-31-24/h5,7-10,12-15,26H,1,6,11H2,2-4H3. The zero-order valence-electron chi connectivity index (χ0n) is 20.7. The highest BCUT2D eigenvalue weighted by molar-refractivity contribution is 6.30. The number of carbonyl (C=O) groups excluding carboxylic acids is 1. The minimum Gasteiger partial charge on any atom is -0.490 e. The van der Waals surface area contributed by atoms with E-state index in [1.54, 1.807) is 48.5 Å². The van der Waals surface area contributed by atoms with Gasteiger partial charge in [-0.05, 0) is 73.9 Å². The fourth-order valence-corrected chi connectivity index (χ4v) is 4.63. The number of amides is 1. The number of fused-ring (bicyclic) bond motifs is 2. The summed E-state index contributed by atoms with van der Waals surface area (Å²) in [4.78, 5) is 33.5. The van der Waals surface area contributed by atoms with Crippen molar-refractivity contribution in [2.45, 2.75) is 26.8 Å². The lowest BCUT2D eigenvalue weighted by molar-refractivity contribution is 0.0970. The van der Waals surface area contributed by atoms with Crippen molar-refractivity contribution in [3.05, 3.63) is 105 Å². The van der Waals surface area contributed by atoms with Crippen molar-refractivity contribution in [1.82, 2.24) is 4.98 Å². The van der Waals surface area contributed by atoms with E-state index in [4.69, 9.17) is 25.5 Å². The number of nitrogens with zero attached hydrogens (tertiary/aromatic N) is 2. The van der Waals surface area contributed by atoms with Crippen molar-refractivity contribution in [2.75, 3.05) is 18.1 Å². The minimum atomic E-state index is -0.800. The van der Waals surface area contributed by atoms with E-state index in [1.807, 2.05) is 20.8 Å². The fraction of sp³-hybridized carbons (Fsp3) is 0.207. The molecule has 8 heteroatoms. The molecule has 0 aliphatic carbocycles. The molecule has 1 aliphatic heterocycles. The molecule has 0 saturated carbocycles. The van der Waals surface area contributed by atoms with Gasteiger partial charge in [0.2, 0.25) is 5.76 Å². The number of halogens is 1. The van der Waals surface area contributed by atoms with Crippen LogP contribution in [0.4, 0.5) is 5.82 Å². The SMILES string of the molecule is C=CCOc1ccc(C2c3c(oc4cc(C)c(C)cc4c3=O)C(=O)N2c2ccc(Cl)cn2)cc1OCC. The number of ether oxygens (including phenoxy) is 2. The average Bonchev–Trinajstić information content (AvgIpc) is 3.17. The lowest BCUT2D eigenvalue weighted by Gasteiger charge is -2.25. The summed E-state index contributed by atoms with van der Waals surface area (Å²) in [6, 6.07) is 11.4. The van der Waals surface area contributed by atoms with Crippen molar-refractivity contribution in [3.63, 3.8) is 0 Å². The molecule has 1 amide bonds. The zero-order chi connectivity index (χ0) is 26.3. The number of pyridine rings is 1. The van der Waals surface area contributed by atoms with Crippen LogP contribution < -0.4 is 19.8 Å². The molecular formula is C29H25ClN2O5. The van der Waals surface area contributed by atoms with E-state index in [0.29, 0.717) is 52.1 Å². The molecule has 0 radical (unpaired) electrons.